The maximum absolute atomic E-state index is 11.5. The average Bonchev–Trinajstić information content (AvgIpc) is 2.18. The molecule has 1 aliphatic rings. The molecule has 0 atom stereocenters. The second-order valence-corrected chi connectivity index (χ2v) is 3.76. The van der Waals surface area contributed by atoms with E-state index in [1.54, 1.807) is 0 Å². The highest BCUT2D eigenvalue weighted by atomic mass is 16.5. The lowest BCUT2D eigenvalue weighted by atomic mass is 10.1. The number of carbonyl (C=O) groups excluding carboxylic acids is 1. The first-order valence-electron chi connectivity index (χ1n) is 4.85. The van der Waals surface area contributed by atoms with Crippen LogP contribution in [0.25, 0.3) is 0 Å². The maximum Gasteiger partial charge on any atom is 0.188 e. The number of pyridine rings is 1. The number of aromatic nitrogens is 1. The topological polar surface area (TPSA) is 39.2 Å². The van der Waals surface area contributed by atoms with E-state index >= 15 is 0 Å². The molecule has 0 amide bonds. The molecule has 0 aromatic carbocycles. The number of nitrogens with zero attached hydrogens (tertiary/aromatic N) is 1. The monoisotopic (exact) mass is 191 g/mol. The molecule has 14 heavy (non-hydrogen) atoms. The van der Waals surface area contributed by atoms with Gasteiger partial charge >= 0.3 is 0 Å². The molecule has 0 unspecified atom stereocenters. The van der Waals surface area contributed by atoms with Gasteiger partial charge in [-0.3, -0.25) is 4.79 Å². The van der Waals surface area contributed by atoms with Gasteiger partial charge in [0, 0.05) is 12.1 Å². The molecule has 0 radical (unpaired) electrons. The quantitative estimate of drug-likeness (QED) is 0.682. The lowest BCUT2D eigenvalue weighted by Crippen LogP contribution is -2.17. The minimum atomic E-state index is 0.0914. The Morgan fingerprint density at radius 3 is 2.93 bits per heavy atom. The van der Waals surface area contributed by atoms with Crippen LogP contribution in [0.2, 0.25) is 0 Å². The lowest BCUT2D eigenvalue weighted by Gasteiger charge is -2.16. The van der Waals surface area contributed by atoms with E-state index in [0.29, 0.717) is 30.4 Å². The summed E-state index contributed by atoms with van der Waals surface area (Å²) >= 11 is 0. The lowest BCUT2D eigenvalue weighted by molar-refractivity contribution is 0.0926. The summed E-state index contributed by atoms with van der Waals surface area (Å²) in [5.74, 6) is 1.06. The highest BCUT2D eigenvalue weighted by Crippen LogP contribution is 2.25. The normalized spacial score (nSPS) is 15.2. The number of carbonyl (C=O) groups is 1. The summed E-state index contributed by atoms with van der Waals surface area (Å²) in [7, 11) is 0. The van der Waals surface area contributed by atoms with Crippen molar-refractivity contribution in [1.29, 1.82) is 0 Å². The minimum Gasteiger partial charge on any atom is -0.491 e. The third kappa shape index (κ3) is 1.50. The van der Waals surface area contributed by atoms with E-state index in [-0.39, 0.29) is 5.78 Å². The van der Waals surface area contributed by atoms with Gasteiger partial charge < -0.3 is 4.74 Å². The molecule has 3 nitrogen and oxygen atoms in total. The maximum atomic E-state index is 11.5. The van der Waals surface area contributed by atoms with Crippen LogP contribution in [-0.2, 0) is 0 Å². The number of hydrogen-bond donors (Lipinski definition) is 0. The number of rotatable bonds is 1. The smallest absolute Gasteiger partial charge is 0.188 e. The van der Waals surface area contributed by atoms with Crippen LogP contribution in [-0.4, -0.2) is 17.4 Å². The fraction of sp³-hybridized carbons (Fsp3) is 0.455. The first kappa shape index (κ1) is 9.19. The first-order valence-corrected chi connectivity index (χ1v) is 4.85. The molecule has 0 aliphatic carbocycles. The third-order valence-electron chi connectivity index (χ3n) is 2.32. The Labute approximate surface area is 83.1 Å². The van der Waals surface area contributed by atoms with Gasteiger partial charge in [-0.25, -0.2) is 4.98 Å². The standard InChI is InChI=1S/C11H13NO2/c1-7(2)8-3-4-10-11(12-8)9(13)5-6-14-10/h3-4,7H,5-6H2,1-2H3. The molecule has 0 saturated heterocycles. The van der Waals surface area contributed by atoms with Crippen molar-refractivity contribution in [2.24, 2.45) is 0 Å². The Balaban J connectivity index is 2.46. The summed E-state index contributed by atoms with van der Waals surface area (Å²) in [6.45, 7) is 4.60. The van der Waals surface area contributed by atoms with Crippen molar-refractivity contribution in [3.8, 4) is 5.75 Å². The van der Waals surface area contributed by atoms with E-state index in [2.05, 4.69) is 18.8 Å². The molecule has 1 aromatic rings. The molecule has 0 N–H and O–H groups in total. The Morgan fingerprint density at radius 2 is 2.21 bits per heavy atom. The molecule has 0 saturated carbocycles. The van der Waals surface area contributed by atoms with E-state index in [9.17, 15) is 4.79 Å². The Hall–Kier alpha value is -1.38. The largest absolute Gasteiger partial charge is 0.491 e. The molecule has 1 aliphatic heterocycles. The van der Waals surface area contributed by atoms with Crippen LogP contribution in [0.15, 0.2) is 12.1 Å². The average molecular weight is 191 g/mol. The summed E-state index contributed by atoms with van der Waals surface area (Å²) in [6, 6.07) is 3.76. The number of hydrogen-bond acceptors (Lipinski definition) is 3. The molecule has 1 aromatic heterocycles. The van der Waals surface area contributed by atoms with E-state index in [0.717, 1.165) is 5.69 Å². The molecule has 2 heterocycles. The van der Waals surface area contributed by atoms with E-state index in [4.69, 9.17) is 4.74 Å². The van der Waals surface area contributed by atoms with E-state index in [1.807, 2.05) is 12.1 Å². The van der Waals surface area contributed by atoms with Crippen LogP contribution >= 0.6 is 0 Å². The Morgan fingerprint density at radius 1 is 1.43 bits per heavy atom. The number of fused-ring (bicyclic) bond motifs is 1. The van der Waals surface area contributed by atoms with Crippen LogP contribution in [0, 0.1) is 0 Å². The number of Topliss-reactive ketones (excluding diaryl/α,β-unsaturated/α-hetero) is 1. The Kier molecular flexibility index (Phi) is 2.23. The summed E-state index contributed by atoms with van der Waals surface area (Å²) in [5, 5.41) is 0. The first-order chi connectivity index (χ1) is 6.68. The van der Waals surface area contributed by atoms with Crippen molar-refractivity contribution >= 4 is 5.78 Å². The van der Waals surface area contributed by atoms with Crippen molar-refractivity contribution in [2.45, 2.75) is 26.2 Å². The van der Waals surface area contributed by atoms with Crippen molar-refractivity contribution in [1.82, 2.24) is 4.98 Å². The van der Waals surface area contributed by atoms with Gasteiger partial charge in [0.25, 0.3) is 0 Å². The molecule has 3 heteroatoms. The van der Waals surface area contributed by atoms with Crippen LogP contribution < -0.4 is 4.74 Å². The van der Waals surface area contributed by atoms with Gasteiger partial charge in [-0.05, 0) is 18.1 Å². The van der Waals surface area contributed by atoms with Gasteiger partial charge in [-0.15, -0.1) is 0 Å². The fourth-order valence-corrected chi connectivity index (χ4v) is 1.47. The van der Waals surface area contributed by atoms with Gasteiger partial charge in [0.2, 0.25) is 0 Å². The predicted octanol–water partition coefficient (Wildman–Crippen LogP) is 2.17. The third-order valence-corrected chi connectivity index (χ3v) is 2.32. The van der Waals surface area contributed by atoms with Crippen LogP contribution in [0.5, 0.6) is 5.75 Å². The zero-order valence-electron chi connectivity index (χ0n) is 8.41. The van der Waals surface area contributed by atoms with Gasteiger partial charge in [-0.2, -0.15) is 0 Å². The number of ketones is 1. The van der Waals surface area contributed by atoms with Crippen molar-refractivity contribution in [3.63, 3.8) is 0 Å². The minimum absolute atomic E-state index is 0.0914. The second kappa shape index (κ2) is 3.40. The van der Waals surface area contributed by atoms with Crippen molar-refractivity contribution < 1.29 is 9.53 Å². The van der Waals surface area contributed by atoms with Gasteiger partial charge in [-0.1, -0.05) is 13.8 Å². The fourth-order valence-electron chi connectivity index (χ4n) is 1.47. The zero-order valence-corrected chi connectivity index (χ0v) is 8.41. The molecule has 0 spiro atoms. The molecular formula is C11H13NO2. The zero-order chi connectivity index (χ0) is 10.1. The van der Waals surface area contributed by atoms with Crippen LogP contribution in [0.3, 0.4) is 0 Å². The second-order valence-electron chi connectivity index (χ2n) is 3.76. The molecule has 2 rings (SSSR count). The van der Waals surface area contributed by atoms with E-state index in [1.165, 1.54) is 0 Å². The summed E-state index contributed by atoms with van der Waals surface area (Å²) < 4.78 is 5.35. The van der Waals surface area contributed by atoms with Crippen molar-refractivity contribution in [2.75, 3.05) is 6.61 Å². The van der Waals surface area contributed by atoms with Crippen molar-refractivity contribution in [3.05, 3.63) is 23.5 Å². The van der Waals surface area contributed by atoms with Gasteiger partial charge in [0.1, 0.15) is 11.4 Å². The highest BCUT2D eigenvalue weighted by Gasteiger charge is 2.20. The molecule has 74 valence electrons. The van der Waals surface area contributed by atoms with Crippen LogP contribution in [0.4, 0.5) is 0 Å². The van der Waals surface area contributed by atoms with Crippen LogP contribution in [0.1, 0.15) is 42.4 Å². The molecular weight excluding hydrogens is 178 g/mol. The Bertz CT molecular complexity index is 372. The summed E-state index contributed by atoms with van der Waals surface area (Å²) in [4.78, 5) is 15.8. The highest BCUT2D eigenvalue weighted by molar-refractivity contribution is 5.97. The SMILES string of the molecule is CC(C)c1ccc2c(n1)C(=O)CCO2. The molecule has 0 bridgehead atoms. The van der Waals surface area contributed by atoms with Gasteiger partial charge in [0.05, 0.1) is 6.61 Å². The summed E-state index contributed by atoms with van der Waals surface area (Å²) in [5.41, 5.74) is 1.45. The predicted molar refractivity (Wildman–Crippen MR) is 52.8 cm³/mol. The van der Waals surface area contributed by atoms with Gasteiger partial charge in [0.15, 0.2) is 5.78 Å². The van der Waals surface area contributed by atoms with E-state index < -0.39 is 0 Å². The summed E-state index contributed by atoms with van der Waals surface area (Å²) in [6.07, 6.45) is 0.446. The number of ether oxygens (including phenoxy) is 1. The molecule has 0 fully saturated rings.